The highest BCUT2D eigenvalue weighted by Gasteiger charge is 2.20. The van der Waals surface area contributed by atoms with Crippen LogP contribution in [-0.4, -0.2) is 37.8 Å². The highest BCUT2D eigenvalue weighted by atomic mass is 32.2. The average Bonchev–Trinajstić information content (AvgIpc) is 2.73. The van der Waals surface area contributed by atoms with Crippen molar-refractivity contribution < 1.29 is 17.6 Å². The summed E-state index contributed by atoms with van der Waals surface area (Å²) in [6.45, 7) is 0.147. The molecule has 8 nitrogen and oxygen atoms in total. The molecule has 3 aromatic rings. The summed E-state index contributed by atoms with van der Waals surface area (Å²) in [6.07, 6.45) is 1.36. The number of anilines is 1. The summed E-state index contributed by atoms with van der Waals surface area (Å²) in [5.74, 6) is -1.33. The average molecular weight is 428 g/mol. The van der Waals surface area contributed by atoms with E-state index in [1.165, 1.54) is 48.5 Å². The number of sulfonamides is 1. The van der Waals surface area contributed by atoms with E-state index >= 15 is 0 Å². The van der Waals surface area contributed by atoms with Crippen molar-refractivity contribution >= 4 is 32.5 Å². The maximum absolute atomic E-state index is 13.8. The van der Waals surface area contributed by atoms with E-state index in [9.17, 15) is 22.4 Å². The molecule has 10 heteroatoms. The van der Waals surface area contributed by atoms with Crippen molar-refractivity contribution in [1.29, 1.82) is 5.26 Å². The van der Waals surface area contributed by atoms with Gasteiger partial charge in [-0.3, -0.25) is 14.3 Å². The van der Waals surface area contributed by atoms with Crippen LogP contribution in [0.4, 0.5) is 10.1 Å². The van der Waals surface area contributed by atoms with Gasteiger partial charge in [0.15, 0.2) is 0 Å². The van der Waals surface area contributed by atoms with Crippen LogP contribution >= 0.6 is 0 Å². The molecule has 2 aromatic carbocycles. The normalized spacial score (nSPS) is 11.1. The van der Waals surface area contributed by atoms with Gasteiger partial charge in [0.2, 0.25) is 5.43 Å². The molecular weight excluding hydrogens is 411 g/mol. The van der Waals surface area contributed by atoms with E-state index in [0.29, 0.717) is 5.52 Å². The number of pyridine rings is 1. The third-order valence-electron chi connectivity index (χ3n) is 4.42. The summed E-state index contributed by atoms with van der Waals surface area (Å²) >= 11 is 0. The van der Waals surface area contributed by atoms with Gasteiger partial charge < -0.3 is 9.88 Å². The molecule has 0 fully saturated rings. The Bertz CT molecular complexity index is 1330. The number of aromatic amines is 1. The standard InChI is InChI=1S/C20H17FN4O4S/c1-25(10-4-9-22)20(27)15-12-23-17-8-7-13(11-14(17)19(15)26)30(28,29)24-18-6-3-2-5-16(18)21/h2-3,5-8,11-12,24H,4,10H2,1H3,(H,23,26). The van der Waals surface area contributed by atoms with Gasteiger partial charge >= 0.3 is 0 Å². The smallest absolute Gasteiger partial charge is 0.262 e. The van der Waals surface area contributed by atoms with Gasteiger partial charge in [-0.2, -0.15) is 5.26 Å². The third kappa shape index (κ3) is 4.16. The van der Waals surface area contributed by atoms with Gasteiger partial charge in [0.05, 0.1) is 23.1 Å². The first-order chi connectivity index (χ1) is 14.2. The van der Waals surface area contributed by atoms with E-state index in [1.807, 2.05) is 6.07 Å². The highest BCUT2D eigenvalue weighted by Crippen LogP contribution is 2.21. The Morgan fingerprint density at radius 2 is 2.00 bits per heavy atom. The molecular formula is C20H17FN4O4S. The van der Waals surface area contributed by atoms with Crippen LogP contribution in [-0.2, 0) is 10.0 Å². The zero-order chi connectivity index (χ0) is 21.9. The Labute approximate surface area is 171 Å². The van der Waals surface area contributed by atoms with Gasteiger partial charge in [-0.25, -0.2) is 12.8 Å². The molecule has 1 heterocycles. The lowest BCUT2D eigenvalue weighted by Gasteiger charge is -2.15. The molecule has 0 aliphatic rings. The number of nitrogens with zero attached hydrogens (tertiary/aromatic N) is 2. The van der Waals surface area contributed by atoms with Gasteiger partial charge in [-0.05, 0) is 30.3 Å². The van der Waals surface area contributed by atoms with Crippen LogP contribution in [0.2, 0.25) is 0 Å². The van der Waals surface area contributed by atoms with E-state index in [-0.39, 0.29) is 34.5 Å². The quantitative estimate of drug-likeness (QED) is 0.624. The second-order valence-corrected chi connectivity index (χ2v) is 8.14. The predicted molar refractivity (Wildman–Crippen MR) is 109 cm³/mol. The molecule has 0 radical (unpaired) electrons. The second-order valence-electron chi connectivity index (χ2n) is 6.46. The van der Waals surface area contributed by atoms with E-state index in [2.05, 4.69) is 9.71 Å². The van der Waals surface area contributed by atoms with Crippen molar-refractivity contribution in [2.75, 3.05) is 18.3 Å². The molecule has 0 atom stereocenters. The van der Waals surface area contributed by atoms with Crippen molar-refractivity contribution in [3.05, 3.63) is 70.3 Å². The molecule has 2 N–H and O–H groups in total. The number of amides is 1. The first-order valence-electron chi connectivity index (χ1n) is 8.80. The minimum Gasteiger partial charge on any atom is -0.360 e. The van der Waals surface area contributed by atoms with Crippen molar-refractivity contribution in [1.82, 2.24) is 9.88 Å². The summed E-state index contributed by atoms with van der Waals surface area (Å²) < 4.78 is 41.3. The Morgan fingerprint density at radius 3 is 2.70 bits per heavy atom. The van der Waals surface area contributed by atoms with Crippen LogP contribution in [0.15, 0.2) is 58.4 Å². The topological polar surface area (TPSA) is 123 Å². The van der Waals surface area contributed by atoms with E-state index < -0.39 is 27.2 Å². The lowest BCUT2D eigenvalue weighted by atomic mass is 10.1. The Balaban J connectivity index is 2.02. The molecule has 0 saturated heterocycles. The molecule has 0 spiro atoms. The number of para-hydroxylation sites is 1. The Hall–Kier alpha value is -3.71. The maximum atomic E-state index is 13.8. The van der Waals surface area contributed by atoms with Gasteiger partial charge in [0.1, 0.15) is 11.4 Å². The minimum atomic E-state index is -4.18. The summed E-state index contributed by atoms with van der Waals surface area (Å²) in [5.41, 5.74) is -0.726. The third-order valence-corrected chi connectivity index (χ3v) is 5.78. The van der Waals surface area contributed by atoms with Crippen LogP contribution in [0.25, 0.3) is 10.9 Å². The monoisotopic (exact) mass is 428 g/mol. The van der Waals surface area contributed by atoms with Gasteiger partial charge in [0, 0.05) is 30.7 Å². The van der Waals surface area contributed by atoms with Crippen molar-refractivity contribution in [2.24, 2.45) is 0 Å². The lowest BCUT2D eigenvalue weighted by molar-refractivity contribution is 0.0796. The van der Waals surface area contributed by atoms with Crippen molar-refractivity contribution in [3.8, 4) is 6.07 Å². The van der Waals surface area contributed by atoms with E-state index in [4.69, 9.17) is 5.26 Å². The van der Waals surface area contributed by atoms with Crippen LogP contribution in [0.1, 0.15) is 16.8 Å². The second kappa shape index (κ2) is 8.34. The van der Waals surface area contributed by atoms with E-state index in [1.54, 1.807) is 0 Å². The van der Waals surface area contributed by atoms with E-state index in [0.717, 1.165) is 12.1 Å². The predicted octanol–water partition coefficient (Wildman–Crippen LogP) is 2.45. The SMILES string of the molecule is CN(CCC#N)C(=O)c1c[nH]c2ccc(S(=O)(=O)Nc3ccccc3F)cc2c1=O. The molecule has 30 heavy (non-hydrogen) atoms. The molecule has 154 valence electrons. The number of nitriles is 1. The van der Waals surface area contributed by atoms with Crippen LogP contribution in [0.5, 0.6) is 0 Å². The number of hydrogen-bond acceptors (Lipinski definition) is 5. The highest BCUT2D eigenvalue weighted by molar-refractivity contribution is 7.92. The first-order valence-corrected chi connectivity index (χ1v) is 10.3. The molecule has 0 saturated carbocycles. The number of carbonyl (C=O) groups is 1. The lowest BCUT2D eigenvalue weighted by Crippen LogP contribution is -2.31. The van der Waals surface area contributed by atoms with Crippen LogP contribution in [0, 0.1) is 17.1 Å². The van der Waals surface area contributed by atoms with Crippen molar-refractivity contribution in [3.63, 3.8) is 0 Å². The van der Waals surface area contributed by atoms with Crippen LogP contribution in [0.3, 0.4) is 0 Å². The molecule has 0 aliphatic heterocycles. The van der Waals surface area contributed by atoms with Crippen molar-refractivity contribution in [2.45, 2.75) is 11.3 Å². The summed E-state index contributed by atoms with van der Waals surface area (Å²) in [6, 6.07) is 11.0. The summed E-state index contributed by atoms with van der Waals surface area (Å²) in [4.78, 5) is 29.1. The minimum absolute atomic E-state index is 0.00839. The number of hydrogen-bond donors (Lipinski definition) is 2. The van der Waals surface area contributed by atoms with Gasteiger partial charge in [-0.15, -0.1) is 0 Å². The number of benzene rings is 2. The molecule has 1 aromatic heterocycles. The summed E-state index contributed by atoms with van der Waals surface area (Å²) in [5, 5.41) is 8.64. The summed E-state index contributed by atoms with van der Waals surface area (Å²) in [7, 11) is -2.72. The number of nitrogens with one attached hydrogen (secondary N) is 2. The number of halogens is 1. The first kappa shape index (κ1) is 21.0. The molecule has 1 amide bonds. The number of H-pyrrole nitrogens is 1. The fourth-order valence-electron chi connectivity index (χ4n) is 2.80. The Morgan fingerprint density at radius 1 is 1.27 bits per heavy atom. The zero-order valence-corrected chi connectivity index (χ0v) is 16.7. The fourth-order valence-corrected chi connectivity index (χ4v) is 3.89. The largest absolute Gasteiger partial charge is 0.360 e. The fraction of sp³-hybridized carbons (Fsp3) is 0.150. The maximum Gasteiger partial charge on any atom is 0.262 e. The number of rotatable bonds is 6. The molecule has 0 bridgehead atoms. The van der Waals surface area contributed by atoms with Crippen LogP contribution < -0.4 is 10.2 Å². The van der Waals surface area contributed by atoms with Gasteiger partial charge in [0.25, 0.3) is 15.9 Å². The van der Waals surface area contributed by atoms with Gasteiger partial charge in [-0.1, -0.05) is 12.1 Å². The molecule has 3 rings (SSSR count). The number of fused-ring (bicyclic) bond motifs is 1. The zero-order valence-electron chi connectivity index (χ0n) is 15.8. The number of carbonyl (C=O) groups excluding carboxylic acids is 1. The number of aromatic nitrogens is 1. The Kier molecular flexibility index (Phi) is 5.84. The molecule has 0 unspecified atom stereocenters. The molecule has 0 aliphatic carbocycles.